The summed E-state index contributed by atoms with van der Waals surface area (Å²) in [5.74, 6) is 0.856. The van der Waals surface area contributed by atoms with Crippen molar-refractivity contribution in [3.8, 4) is 5.75 Å². The highest BCUT2D eigenvalue weighted by Crippen LogP contribution is 2.23. The van der Waals surface area contributed by atoms with Crippen molar-refractivity contribution in [2.24, 2.45) is 0 Å². The molecule has 1 amide bonds. The van der Waals surface area contributed by atoms with Gasteiger partial charge in [0.2, 0.25) is 5.91 Å². The summed E-state index contributed by atoms with van der Waals surface area (Å²) in [7, 11) is 1.66. The number of hydrogen-bond acceptors (Lipinski definition) is 2. The summed E-state index contributed by atoms with van der Waals surface area (Å²) in [5.41, 5.74) is 4.46. The molecule has 0 unspecified atom stereocenters. The van der Waals surface area contributed by atoms with Crippen LogP contribution in [0.25, 0.3) is 10.9 Å². The summed E-state index contributed by atoms with van der Waals surface area (Å²) in [6.07, 6.45) is 3.20. The number of rotatable bonds is 8. The molecule has 1 heterocycles. The summed E-state index contributed by atoms with van der Waals surface area (Å²) in [6.45, 7) is 1.32. The van der Waals surface area contributed by atoms with E-state index in [1.54, 1.807) is 7.11 Å². The zero-order chi connectivity index (χ0) is 21.6. The van der Waals surface area contributed by atoms with Crippen LogP contribution in [-0.2, 0) is 24.2 Å². The largest absolute Gasteiger partial charge is 0.497 e. The lowest BCUT2D eigenvalue weighted by atomic mass is 10.1. The Kier molecular flexibility index (Phi) is 6.58. The van der Waals surface area contributed by atoms with Crippen LogP contribution >= 0.6 is 11.6 Å². The van der Waals surface area contributed by atoms with E-state index in [4.69, 9.17) is 16.3 Å². The van der Waals surface area contributed by atoms with Gasteiger partial charge in [0.25, 0.3) is 0 Å². The zero-order valence-electron chi connectivity index (χ0n) is 17.5. The molecule has 0 saturated carbocycles. The fourth-order valence-corrected chi connectivity index (χ4v) is 3.92. The smallest absolute Gasteiger partial charge is 0.224 e. The zero-order valence-corrected chi connectivity index (χ0v) is 18.2. The molecule has 1 N–H and O–H groups in total. The van der Waals surface area contributed by atoms with Crippen molar-refractivity contribution in [1.29, 1.82) is 0 Å². The van der Waals surface area contributed by atoms with E-state index in [0.29, 0.717) is 13.0 Å². The Hall–Kier alpha value is -3.24. The van der Waals surface area contributed by atoms with E-state index in [2.05, 4.69) is 28.2 Å². The Morgan fingerprint density at radius 1 is 1.00 bits per heavy atom. The fourth-order valence-electron chi connectivity index (χ4n) is 3.79. The van der Waals surface area contributed by atoms with E-state index in [1.807, 2.05) is 60.7 Å². The maximum atomic E-state index is 12.6. The second-order valence-electron chi connectivity index (χ2n) is 7.55. The van der Waals surface area contributed by atoms with E-state index in [-0.39, 0.29) is 5.91 Å². The lowest BCUT2D eigenvalue weighted by Crippen LogP contribution is -2.27. The predicted octanol–water partition coefficient (Wildman–Crippen LogP) is 5.25. The van der Waals surface area contributed by atoms with E-state index in [9.17, 15) is 4.79 Å². The molecule has 0 aliphatic heterocycles. The van der Waals surface area contributed by atoms with Crippen LogP contribution in [0, 0.1) is 0 Å². The molecule has 0 saturated heterocycles. The highest BCUT2D eigenvalue weighted by molar-refractivity contribution is 6.30. The Labute approximate surface area is 187 Å². The van der Waals surface area contributed by atoms with Crippen LogP contribution in [0.3, 0.4) is 0 Å². The van der Waals surface area contributed by atoms with Gasteiger partial charge in [-0.1, -0.05) is 54.1 Å². The number of nitrogens with one attached hydrogen (secondary N) is 1. The number of hydrogen-bond donors (Lipinski definition) is 1. The summed E-state index contributed by atoms with van der Waals surface area (Å²) in [5, 5.41) is 4.88. The first-order valence-corrected chi connectivity index (χ1v) is 10.7. The molecule has 4 aromatic rings. The number of nitrogens with zero attached hydrogens (tertiary/aromatic N) is 1. The van der Waals surface area contributed by atoms with Crippen molar-refractivity contribution >= 4 is 28.4 Å². The van der Waals surface area contributed by atoms with E-state index in [0.717, 1.165) is 45.8 Å². The third kappa shape index (κ3) is 5.28. The van der Waals surface area contributed by atoms with Gasteiger partial charge in [0, 0.05) is 35.2 Å². The van der Waals surface area contributed by atoms with Gasteiger partial charge < -0.3 is 14.6 Å². The van der Waals surface area contributed by atoms with Crippen molar-refractivity contribution in [3.05, 3.63) is 101 Å². The number of carbonyl (C=O) groups excluding carboxylic acids is 1. The molecule has 0 aliphatic rings. The van der Waals surface area contributed by atoms with Gasteiger partial charge in [-0.25, -0.2) is 0 Å². The van der Waals surface area contributed by atoms with Gasteiger partial charge in [-0.05, 0) is 53.4 Å². The van der Waals surface area contributed by atoms with Crippen LogP contribution in [-0.4, -0.2) is 24.1 Å². The summed E-state index contributed by atoms with van der Waals surface area (Å²) in [6, 6.07) is 24.0. The molecule has 3 aromatic carbocycles. The molecular weight excluding hydrogens is 408 g/mol. The quantitative estimate of drug-likeness (QED) is 0.413. The molecule has 4 nitrogen and oxygen atoms in total. The average Bonchev–Trinajstić information content (AvgIpc) is 3.12. The Morgan fingerprint density at radius 2 is 1.81 bits per heavy atom. The van der Waals surface area contributed by atoms with Crippen LogP contribution in [0.4, 0.5) is 0 Å². The first kappa shape index (κ1) is 21.0. The van der Waals surface area contributed by atoms with Crippen LogP contribution < -0.4 is 10.1 Å². The van der Waals surface area contributed by atoms with Crippen molar-refractivity contribution in [2.45, 2.75) is 19.4 Å². The maximum absolute atomic E-state index is 12.6. The fraction of sp³-hybridized carbons (Fsp3) is 0.192. The lowest BCUT2D eigenvalue weighted by molar-refractivity contribution is -0.120. The van der Waals surface area contributed by atoms with Crippen molar-refractivity contribution in [3.63, 3.8) is 0 Å². The number of carbonyl (C=O) groups is 1. The molecule has 4 rings (SSSR count). The maximum Gasteiger partial charge on any atom is 0.224 e. The molecule has 0 aliphatic carbocycles. The molecular formula is C26H25ClN2O2. The number of methoxy groups -OCH3 is 1. The highest BCUT2D eigenvalue weighted by atomic mass is 35.5. The molecule has 0 spiro atoms. The number of benzene rings is 3. The highest BCUT2D eigenvalue weighted by Gasteiger charge is 2.12. The van der Waals surface area contributed by atoms with Gasteiger partial charge in [0.05, 0.1) is 13.5 Å². The van der Waals surface area contributed by atoms with Crippen molar-refractivity contribution in [1.82, 2.24) is 9.88 Å². The molecule has 5 heteroatoms. The number of amides is 1. The van der Waals surface area contributed by atoms with E-state index in [1.165, 1.54) is 5.56 Å². The monoisotopic (exact) mass is 432 g/mol. The second-order valence-corrected chi connectivity index (χ2v) is 7.99. The average molecular weight is 433 g/mol. The van der Waals surface area contributed by atoms with Crippen LogP contribution in [0.2, 0.25) is 5.02 Å². The minimum atomic E-state index is 0.0253. The van der Waals surface area contributed by atoms with Gasteiger partial charge in [-0.15, -0.1) is 0 Å². The van der Waals surface area contributed by atoms with Gasteiger partial charge in [0.15, 0.2) is 0 Å². The Bertz CT molecular complexity index is 1180. The Morgan fingerprint density at radius 3 is 2.61 bits per heavy atom. The van der Waals surface area contributed by atoms with Gasteiger partial charge >= 0.3 is 0 Å². The third-order valence-corrected chi connectivity index (χ3v) is 5.61. The van der Waals surface area contributed by atoms with Crippen molar-refractivity contribution < 1.29 is 9.53 Å². The van der Waals surface area contributed by atoms with Gasteiger partial charge in [-0.3, -0.25) is 4.79 Å². The van der Waals surface area contributed by atoms with Gasteiger partial charge in [0.1, 0.15) is 5.75 Å². The number of aromatic nitrogens is 1. The lowest BCUT2D eigenvalue weighted by Gasteiger charge is -2.07. The molecule has 0 atom stereocenters. The van der Waals surface area contributed by atoms with Crippen molar-refractivity contribution in [2.75, 3.05) is 13.7 Å². The normalized spacial score (nSPS) is 10.9. The molecule has 1 aromatic heterocycles. The minimum absolute atomic E-state index is 0.0253. The topological polar surface area (TPSA) is 43.3 Å². The Balaban J connectivity index is 1.42. The van der Waals surface area contributed by atoms with Crippen LogP contribution in [0.5, 0.6) is 5.75 Å². The molecule has 31 heavy (non-hydrogen) atoms. The number of para-hydroxylation sites is 1. The first-order chi connectivity index (χ1) is 15.1. The SMILES string of the molecule is COc1cccc(CCNC(=O)Cc2cn(Cc3ccc(Cl)cc3)c3ccccc23)c1. The van der Waals surface area contributed by atoms with Crippen LogP contribution in [0.1, 0.15) is 16.7 Å². The first-order valence-electron chi connectivity index (χ1n) is 10.3. The van der Waals surface area contributed by atoms with E-state index < -0.39 is 0 Å². The van der Waals surface area contributed by atoms with Gasteiger partial charge in [-0.2, -0.15) is 0 Å². The second kappa shape index (κ2) is 9.71. The molecule has 0 bridgehead atoms. The third-order valence-electron chi connectivity index (χ3n) is 5.36. The number of halogens is 1. The minimum Gasteiger partial charge on any atom is -0.497 e. The molecule has 0 radical (unpaired) electrons. The predicted molar refractivity (Wildman–Crippen MR) is 126 cm³/mol. The molecule has 0 fully saturated rings. The van der Waals surface area contributed by atoms with Crippen LogP contribution in [0.15, 0.2) is 79.0 Å². The summed E-state index contributed by atoms with van der Waals surface area (Å²) >= 11 is 6.01. The number of ether oxygens (including phenoxy) is 1. The van der Waals surface area contributed by atoms with E-state index >= 15 is 0 Å². The molecule has 158 valence electrons. The number of fused-ring (bicyclic) bond motifs is 1. The summed E-state index contributed by atoms with van der Waals surface area (Å²) in [4.78, 5) is 12.6. The summed E-state index contributed by atoms with van der Waals surface area (Å²) < 4.78 is 7.45. The standard InChI is InChI=1S/C26H25ClN2O2/c1-31-23-6-4-5-19(15-23)13-14-28-26(30)16-21-18-29(25-8-3-2-7-24(21)25)17-20-9-11-22(27)12-10-20/h2-12,15,18H,13-14,16-17H2,1H3,(H,28,30).